The molecule has 0 spiro atoms. The van der Waals surface area contributed by atoms with Gasteiger partial charge in [-0.15, -0.1) is 0 Å². The SMILES string of the molecule is Cc1cc(Nc2cc(C)[nH]n2)nc(N2CCN(C(=O)N[C@H](C)c3ccc(N(C)CCc4cc(Nc5cc(C)[nH]n5)nc(N5CCN(C(=O)N[C@@H](C)c6ccc(CN(C)C)cn6)CC5)n4)nc3)CC2)n1. The maximum atomic E-state index is 13.4. The zero-order valence-electron chi connectivity index (χ0n) is 40.8. The van der Waals surface area contributed by atoms with Crippen LogP contribution in [0.3, 0.4) is 0 Å². The van der Waals surface area contributed by atoms with Crippen LogP contribution in [0.2, 0.25) is 0 Å². The lowest BCUT2D eigenvalue weighted by atomic mass is 10.1. The number of H-pyrrole nitrogens is 2. The summed E-state index contributed by atoms with van der Waals surface area (Å²) in [6, 6.07) is 14.9. The number of likely N-dealkylation sites (N-methyl/N-ethyl adjacent to an activating group) is 1. The molecule has 6 aromatic rings. The first-order chi connectivity index (χ1) is 33.2. The van der Waals surface area contributed by atoms with Gasteiger partial charge >= 0.3 is 12.1 Å². The third kappa shape index (κ3) is 12.7. The van der Waals surface area contributed by atoms with Crippen LogP contribution in [-0.2, 0) is 13.0 Å². The Balaban J connectivity index is 0.826. The van der Waals surface area contributed by atoms with Crippen LogP contribution >= 0.6 is 0 Å². The van der Waals surface area contributed by atoms with E-state index < -0.39 is 0 Å². The molecule has 6 aromatic heterocycles. The number of aryl methyl sites for hydroxylation is 3. The number of piperazine rings is 2. The highest BCUT2D eigenvalue weighted by atomic mass is 16.2. The van der Waals surface area contributed by atoms with E-state index in [1.807, 2.05) is 120 Å². The number of rotatable bonds is 16. The van der Waals surface area contributed by atoms with Crippen LogP contribution in [0.5, 0.6) is 0 Å². The van der Waals surface area contributed by atoms with Crippen LogP contribution in [0.15, 0.2) is 60.9 Å². The number of urea groups is 2. The molecule has 2 fully saturated rings. The molecule has 364 valence electrons. The maximum absolute atomic E-state index is 13.4. The summed E-state index contributed by atoms with van der Waals surface area (Å²) in [4.78, 5) is 67.5. The minimum Gasteiger partial charge on any atom is -0.359 e. The number of hydrogen-bond acceptors (Lipinski definition) is 16. The van der Waals surface area contributed by atoms with E-state index in [0.29, 0.717) is 100 Å². The average Bonchev–Trinajstić information content (AvgIpc) is 3.96. The Morgan fingerprint density at radius 1 is 0.652 bits per heavy atom. The van der Waals surface area contributed by atoms with Gasteiger partial charge in [0.1, 0.15) is 17.5 Å². The van der Waals surface area contributed by atoms with Crippen LogP contribution in [0, 0.1) is 20.8 Å². The molecule has 22 heteroatoms. The Bertz CT molecular complexity index is 2650. The van der Waals surface area contributed by atoms with Gasteiger partial charge < -0.3 is 50.7 Å². The van der Waals surface area contributed by atoms with Gasteiger partial charge in [-0.05, 0) is 72.0 Å². The fourth-order valence-corrected chi connectivity index (χ4v) is 8.16. The molecule has 0 aromatic carbocycles. The second-order valence-corrected chi connectivity index (χ2v) is 18.1. The molecule has 0 radical (unpaired) electrons. The van der Waals surface area contributed by atoms with E-state index in [1.165, 1.54) is 0 Å². The number of aromatic amines is 2. The lowest BCUT2D eigenvalue weighted by molar-refractivity contribution is 0.190. The zero-order valence-corrected chi connectivity index (χ0v) is 40.8. The van der Waals surface area contributed by atoms with Gasteiger partial charge in [0.05, 0.1) is 17.8 Å². The molecule has 0 aliphatic carbocycles. The van der Waals surface area contributed by atoms with Crippen molar-refractivity contribution >= 4 is 53.0 Å². The summed E-state index contributed by atoms with van der Waals surface area (Å²) >= 11 is 0. The summed E-state index contributed by atoms with van der Waals surface area (Å²) in [6.45, 7) is 15.7. The summed E-state index contributed by atoms with van der Waals surface area (Å²) in [7, 11) is 6.05. The van der Waals surface area contributed by atoms with Crippen LogP contribution in [0.4, 0.5) is 50.6 Å². The fraction of sp³-hybridized carbons (Fsp3) is 0.447. The Labute approximate surface area is 402 Å². The number of amides is 4. The van der Waals surface area contributed by atoms with Gasteiger partial charge in [-0.1, -0.05) is 12.1 Å². The predicted octanol–water partition coefficient (Wildman–Crippen LogP) is 4.84. The molecule has 6 N–H and O–H groups in total. The predicted molar refractivity (Wildman–Crippen MR) is 266 cm³/mol. The average molecular weight is 941 g/mol. The molecule has 2 aliphatic rings. The standard InChI is InChI=1S/C47H64N20O2/c1-30-23-39(54-41-24-31(2)58-60-41)56-44(50-30)64-15-19-66(20-16-64)46(68)51-33(4)36-10-12-43(49-28-36)63(8)14-13-37-26-40(55-42-25-32(3)59-61-42)57-45(53-37)65-17-21-67(22-18-65)47(69)52-34(5)38-11-9-35(27-48-38)29-62(6)7/h9-12,23-28,33-34H,13-22,29H2,1-8H3,(H,51,68)(H,52,69)(H2,50,54,56,58,60)(H2,53,55,57,59,61)/t33-,34+/m1/s1. The van der Waals surface area contributed by atoms with Crippen molar-refractivity contribution in [2.24, 2.45) is 0 Å². The van der Waals surface area contributed by atoms with Crippen molar-refractivity contribution in [3.05, 3.63) is 101 Å². The largest absolute Gasteiger partial charge is 0.359 e. The monoisotopic (exact) mass is 941 g/mol. The van der Waals surface area contributed by atoms with Crippen molar-refractivity contribution in [3.63, 3.8) is 0 Å². The minimum atomic E-state index is -0.251. The summed E-state index contributed by atoms with van der Waals surface area (Å²) < 4.78 is 0. The Morgan fingerprint density at radius 2 is 1.23 bits per heavy atom. The van der Waals surface area contributed by atoms with E-state index in [9.17, 15) is 9.59 Å². The van der Waals surface area contributed by atoms with Crippen LogP contribution in [0.25, 0.3) is 0 Å². The van der Waals surface area contributed by atoms with Gasteiger partial charge in [-0.25, -0.2) is 24.5 Å². The number of nitrogens with zero attached hydrogens (tertiary/aromatic N) is 14. The zero-order chi connectivity index (χ0) is 48.6. The molecule has 22 nitrogen and oxygen atoms in total. The van der Waals surface area contributed by atoms with E-state index in [-0.39, 0.29) is 24.1 Å². The summed E-state index contributed by atoms with van der Waals surface area (Å²) in [6.07, 6.45) is 4.30. The van der Waals surface area contributed by atoms with Gasteiger partial charge in [0, 0.05) is 138 Å². The van der Waals surface area contributed by atoms with Crippen LogP contribution in [-0.4, -0.2) is 157 Å². The summed E-state index contributed by atoms with van der Waals surface area (Å²) in [5, 5.41) is 27.4. The Hall–Kier alpha value is -7.62. The maximum Gasteiger partial charge on any atom is 0.318 e. The number of nitrogens with one attached hydrogen (secondary N) is 6. The molecular weight excluding hydrogens is 877 g/mol. The molecule has 8 rings (SSSR count). The summed E-state index contributed by atoms with van der Waals surface area (Å²) in [5.74, 6) is 4.65. The summed E-state index contributed by atoms with van der Waals surface area (Å²) in [5.41, 5.74) is 6.41. The first kappa shape index (κ1) is 47.9. The number of carbonyl (C=O) groups excluding carboxylic acids is 2. The molecule has 0 bridgehead atoms. The molecule has 69 heavy (non-hydrogen) atoms. The Kier molecular flexibility index (Phi) is 15.0. The van der Waals surface area contributed by atoms with E-state index >= 15 is 0 Å². The molecule has 8 heterocycles. The first-order valence-corrected chi connectivity index (χ1v) is 23.4. The van der Waals surface area contributed by atoms with Crippen molar-refractivity contribution < 1.29 is 9.59 Å². The van der Waals surface area contributed by atoms with Crippen molar-refractivity contribution in [1.82, 2.24) is 75.6 Å². The number of anilines is 7. The Morgan fingerprint density at radius 3 is 1.75 bits per heavy atom. The van der Waals surface area contributed by atoms with Crippen molar-refractivity contribution in [2.45, 2.75) is 59.7 Å². The lowest BCUT2D eigenvalue weighted by Gasteiger charge is -2.35. The fourth-order valence-electron chi connectivity index (χ4n) is 8.16. The normalized spacial score (nSPS) is 15.0. The second kappa shape index (κ2) is 21.6. The van der Waals surface area contributed by atoms with Crippen molar-refractivity contribution in [1.29, 1.82) is 0 Å². The highest BCUT2D eigenvalue weighted by Crippen LogP contribution is 2.23. The topological polar surface area (TPSA) is 236 Å². The van der Waals surface area contributed by atoms with Crippen molar-refractivity contribution in [2.75, 3.05) is 105 Å². The minimum absolute atomic E-state index is 0.124. The lowest BCUT2D eigenvalue weighted by Crippen LogP contribution is -2.52. The van der Waals surface area contributed by atoms with Gasteiger partial charge in [0.2, 0.25) is 11.9 Å². The van der Waals surface area contributed by atoms with E-state index in [4.69, 9.17) is 19.9 Å². The number of pyridine rings is 2. The highest BCUT2D eigenvalue weighted by molar-refractivity contribution is 5.75. The molecule has 0 saturated carbocycles. The van der Waals surface area contributed by atoms with Crippen molar-refractivity contribution in [3.8, 4) is 0 Å². The first-order valence-electron chi connectivity index (χ1n) is 23.4. The quantitative estimate of drug-likeness (QED) is 0.0762. The molecular formula is C47H64N20O2. The van der Waals surface area contributed by atoms with Crippen LogP contribution in [0.1, 0.15) is 65.5 Å². The van der Waals surface area contributed by atoms with Crippen LogP contribution < -0.4 is 36.0 Å². The number of aromatic nitrogens is 10. The molecule has 2 aliphatic heterocycles. The number of hydrogen-bond donors (Lipinski definition) is 6. The van der Waals surface area contributed by atoms with E-state index in [1.54, 1.807) is 0 Å². The van der Waals surface area contributed by atoms with E-state index in [0.717, 1.165) is 52.0 Å². The molecule has 4 amide bonds. The third-order valence-corrected chi connectivity index (χ3v) is 12.1. The van der Waals surface area contributed by atoms with Gasteiger partial charge in [-0.3, -0.25) is 15.2 Å². The highest BCUT2D eigenvalue weighted by Gasteiger charge is 2.27. The van der Waals surface area contributed by atoms with Gasteiger partial charge in [0.15, 0.2) is 11.6 Å². The van der Waals surface area contributed by atoms with Gasteiger partial charge in [0.25, 0.3) is 0 Å². The smallest absolute Gasteiger partial charge is 0.318 e. The molecule has 0 unspecified atom stereocenters. The van der Waals surface area contributed by atoms with E-state index in [2.05, 4.69) is 77.3 Å². The second-order valence-electron chi connectivity index (χ2n) is 18.1. The molecule has 2 saturated heterocycles. The number of carbonyl (C=O) groups is 2. The molecule has 2 atom stereocenters. The van der Waals surface area contributed by atoms with Gasteiger partial charge in [-0.2, -0.15) is 20.2 Å². The third-order valence-electron chi connectivity index (χ3n) is 12.1.